The molecule has 4 aromatic carbocycles. The van der Waals surface area contributed by atoms with Crippen molar-refractivity contribution in [2.75, 3.05) is 0 Å². The fourth-order valence-electron chi connectivity index (χ4n) is 4.07. The predicted molar refractivity (Wildman–Crippen MR) is 145 cm³/mol. The number of nitrogens with two attached hydrogens (primary N) is 2. The topological polar surface area (TPSA) is 119 Å². The van der Waals surface area contributed by atoms with Crippen LogP contribution in [0.15, 0.2) is 97.1 Å². The molecule has 0 aliphatic rings. The fourth-order valence-corrected chi connectivity index (χ4v) is 4.07. The summed E-state index contributed by atoms with van der Waals surface area (Å²) in [6.07, 6.45) is 1.92. The molecule has 0 bridgehead atoms. The molecule has 0 saturated heterocycles. The fraction of sp³-hybridized carbons (Fsp3) is 0.133. The van der Waals surface area contributed by atoms with Crippen LogP contribution in [0.1, 0.15) is 24.0 Å². The largest absolute Gasteiger partial charge is 0.456 e. The number of hydrogen-bond acceptors (Lipinski definition) is 5. The third kappa shape index (κ3) is 6.82. The van der Waals surface area contributed by atoms with Gasteiger partial charge in [-0.25, -0.2) is 11.7 Å². The third-order valence-electron chi connectivity index (χ3n) is 6.13. The van der Waals surface area contributed by atoms with Crippen molar-refractivity contribution in [1.29, 1.82) is 0 Å². The van der Waals surface area contributed by atoms with E-state index in [1.54, 1.807) is 0 Å². The zero-order valence-electron chi connectivity index (χ0n) is 20.4. The van der Waals surface area contributed by atoms with E-state index in [0.29, 0.717) is 25.7 Å². The average Bonchev–Trinajstić information content (AvgIpc) is 2.96. The van der Waals surface area contributed by atoms with Crippen molar-refractivity contribution in [2.45, 2.75) is 25.7 Å². The number of ether oxygens (including phenoxy) is 1. The van der Waals surface area contributed by atoms with Crippen LogP contribution in [0.3, 0.4) is 0 Å². The first-order chi connectivity index (χ1) is 18.1. The van der Waals surface area contributed by atoms with Gasteiger partial charge >= 0.3 is 0 Å². The maximum Gasteiger partial charge on any atom is 0.234 e. The number of benzene rings is 4. The highest BCUT2D eigenvalue weighted by atomic mass is 16.5. The minimum Gasteiger partial charge on any atom is -0.456 e. The number of amides is 2. The van der Waals surface area contributed by atoms with Gasteiger partial charge < -0.3 is 4.74 Å². The van der Waals surface area contributed by atoms with Crippen molar-refractivity contribution in [1.82, 2.24) is 10.9 Å². The van der Waals surface area contributed by atoms with Gasteiger partial charge in [0, 0.05) is 24.0 Å². The summed E-state index contributed by atoms with van der Waals surface area (Å²) in [7, 11) is 0. The standard InChI is InChI=1S/C30H30N4O3/c31-33-29(35)19-13-21-9-15-23(16-10-21)25-5-1-3-7-27(25)37-28-8-4-2-6-26(28)24-17-11-22(12-18-24)14-20-30(36)34-32/h1-12,15-18H,13-14,19-20,31-32H2,(H,33,35)(H,34,36). The van der Waals surface area contributed by atoms with E-state index >= 15 is 0 Å². The average molecular weight is 495 g/mol. The first-order valence-electron chi connectivity index (χ1n) is 12.1. The maximum absolute atomic E-state index is 11.4. The van der Waals surface area contributed by atoms with Gasteiger partial charge in [-0.2, -0.15) is 0 Å². The molecule has 0 saturated carbocycles. The summed E-state index contributed by atoms with van der Waals surface area (Å²) in [4.78, 5) is 22.9. The molecular weight excluding hydrogens is 464 g/mol. The monoisotopic (exact) mass is 494 g/mol. The van der Waals surface area contributed by atoms with Crippen LogP contribution in [0.25, 0.3) is 22.3 Å². The molecule has 6 N–H and O–H groups in total. The van der Waals surface area contributed by atoms with Crippen LogP contribution in [0.2, 0.25) is 0 Å². The summed E-state index contributed by atoms with van der Waals surface area (Å²) in [5, 5.41) is 0. The summed E-state index contributed by atoms with van der Waals surface area (Å²) in [6.45, 7) is 0. The molecule has 4 rings (SSSR count). The lowest BCUT2D eigenvalue weighted by molar-refractivity contribution is -0.121. The molecule has 0 aliphatic carbocycles. The summed E-state index contributed by atoms with van der Waals surface area (Å²) >= 11 is 0. The van der Waals surface area contributed by atoms with Crippen LogP contribution < -0.4 is 27.3 Å². The second kappa shape index (κ2) is 12.5. The molecule has 0 radical (unpaired) electrons. The zero-order chi connectivity index (χ0) is 26.0. The molecule has 0 aliphatic heterocycles. The summed E-state index contributed by atoms with van der Waals surface area (Å²) in [5.41, 5.74) is 10.4. The van der Waals surface area contributed by atoms with Gasteiger partial charge in [0.15, 0.2) is 0 Å². The zero-order valence-corrected chi connectivity index (χ0v) is 20.4. The number of aryl methyl sites for hydroxylation is 2. The Morgan fingerprint density at radius 2 is 0.946 bits per heavy atom. The van der Waals surface area contributed by atoms with Gasteiger partial charge in [-0.1, -0.05) is 84.9 Å². The van der Waals surface area contributed by atoms with E-state index in [4.69, 9.17) is 16.4 Å². The minimum absolute atomic E-state index is 0.185. The molecule has 188 valence electrons. The Balaban J connectivity index is 1.54. The number of carbonyl (C=O) groups excluding carboxylic acids is 2. The Kier molecular flexibility index (Phi) is 8.65. The minimum atomic E-state index is -0.185. The molecule has 0 fully saturated rings. The van der Waals surface area contributed by atoms with Crippen LogP contribution >= 0.6 is 0 Å². The molecule has 0 spiro atoms. The predicted octanol–water partition coefficient (Wildman–Crippen LogP) is 4.66. The second-order valence-electron chi connectivity index (χ2n) is 8.62. The lowest BCUT2D eigenvalue weighted by atomic mass is 10.0. The third-order valence-corrected chi connectivity index (χ3v) is 6.13. The highest BCUT2D eigenvalue weighted by Crippen LogP contribution is 2.38. The number of hydrazine groups is 2. The molecule has 0 aromatic heterocycles. The molecule has 0 heterocycles. The van der Waals surface area contributed by atoms with Crippen molar-refractivity contribution in [2.24, 2.45) is 11.7 Å². The van der Waals surface area contributed by atoms with Gasteiger partial charge in [-0.15, -0.1) is 0 Å². The number of para-hydroxylation sites is 2. The number of carbonyl (C=O) groups is 2. The van der Waals surface area contributed by atoms with E-state index in [1.165, 1.54) is 0 Å². The smallest absolute Gasteiger partial charge is 0.234 e. The molecule has 4 aromatic rings. The van der Waals surface area contributed by atoms with Crippen LogP contribution in [0, 0.1) is 0 Å². The highest BCUT2D eigenvalue weighted by molar-refractivity contribution is 5.77. The molecule has 0 atom stereocenters. The SMILES string of the molecule is NNC(=O)CCc1ccc(-c2ccccc2Oc2ccccc2-c2ccc(CCC(=O)NN)cc2)cc1. The first-order valence-corrected chi connectivity index (χ1v) is 12.1. The van der Waals surface area contributed by atoms with Gasteiger partial charge in [0.25, 0.3) is 0 Å². The Morgan fingerprint density at radius 3 is 1.32 bits per heavy atom. The van der Waals surface area contributed by atoms with Crippen molar-refractivity contribution in [3.8, 4) is 33.8 Å². The molecule has 37 heavy (non-hydrogen) atoms. The Hall–Kier alpha value is -4.46. The Labute approximate surface area is 216 Å². The molecule has 7 heteroatoms. The second-order valence-corrected chi connectivity index (χ2v) is 8.62. The molecule has 0 unspecified atom stereocenters. The van der Waals surface area contributed by atoms with E-state index in [0.717, 1.165) is 44.9 Å². The Bertz CT molecular complexity index is 1250. The van der Waals surface area contributed by atoms with E-state index in [9.17, 15) is 9.59 Å². The lowest BCUT2D eigenvalue weighted by Crippen LogP contribution is -2.30. The quantitative estimate of drug-likeness (QED) is 0.145. The maximum atomic E-state index is 11.4. The van der Waals surface area contributed by atoms with Gasteiger partial charge in [0.2, 0.25) is 11.8 Å². The molecular formula is C30H30N4O3. The van der Waals surface area contributed by atoms with Crippen LogP contribution in [0.4, 0.5) is 0 Å². The first kappa shape index (κ1) is 25.6. The van der Waals surface area contributed by atoms with E-state index in [1.807, 2.05) is 97.1 Å². The Morgan fingerprint density at radius 1 is 0.568 bits per heavy atom. The van der Waals surface area contributed by atoms with Gasteiger partial charge in [-0.3, -0.25) is 20.4 Å². The van der Waals surface area contributed by atoms with E-state index in [2.05, 4.69) is 10.9 Å². The highest BCUT2D eigenvalue weighted by Gasteiger charge is 2.12. The van der Waals surface area contributed by atoms with Crippen molar-refractivity contribution in [3.05, 3.63) is 108 Å². The van der Waals surface area contributed by atoms with Crippen molar-refractivity contribution in [3.63, 3.8) is 0 Å². The van der Waals surface area contributed by atoms with Crippen molar-refractivity contribution >= 4 is 11.8 Å². The van der Waals surface area contributed by atoms with Crippen LogP contribution in [-0.4, -0.2) is 11.8 Å². The van der Waals surface area contributed by atoms with E-state index in [-0.39, 0.29) is 11.8 Å². The summed E-state index contributed by atoms with van der Waals surface area (Å²) in [6, 6.07) is 32.0. The van der Waals surface area contributed by atoms with Crippen LogP contribution in [0.5, 0.6) is 11.5 Å². The van der Waals surface area contributed by atoms with Crippen LogP contribution in [-0.2, 0) is 22.4 Å². The molecule has 7 nitrogen and oxygen atoms in total. The number of rotatable bonds is 10. The van der Waals surface area contributed by atoms with Gasteiger partial charge in [0.05, 0.1) is 0 Å². The van der Waals surface area contributed by atoms with Crippen molar-refractivity contribution < 1.29 is 14.3 Å². The summed E-state index contributed by atoms with van der Waals surface area (Å²) < 4.78 is 6.46. The summed E-state index contributed by atoms with van der Waals surface area (Å²) in [5.74, 6) is 11.5. The number of hydrogen-bond donors (Lipinski definition) is 4. The molecule has 2 amide bonds. The normalized spacial score (nSPS) is 10.5. The van der Waals surface area contributed by atoms with Gasteiger partial charge in [0.1, 0.15) is 11.5 Å². The number of nitrogens with one attached hydrogen (secondary N) is 2. The lowest BCUT2D eigenvalue weighted by Gasteiger charge is -2.15. The van der Waals surface area contributed by atoms with Gasteiger partial charge in [-0.05, 0) is 47.2 Å². The van der Waals surface area contributed by atoms with E-state index < -0.39 is 0 Å².